The molecule has 0 spiro atoms. The Morgan fingerprint density at radius 2 is 1.81 bits per heavy atom. The third-order valence-electron chi connectivity index (χ3n) is 2.05. The molecule has 0 aliphatic heterocycles. The number of ketones is 1. The highest BCUT2D eigenvalue weighted by Crippen LogP contribution is 2.15. The second-order valence-corrected chi connectivity index (χ2v) is 5.43. The lowest BCUT2D eigenvalue weighted by molar-refractivity contribution is 0.00306. The predicted molar refractivity (Wildman–Crippen MR) is 68.3 cm³/mol. The monoisotopic (exact) mass is 238 g/mol. The first-order valence-corrected chi connectivity index (χ1v) is 6.46. The summed E-state index contributed by atoms with van der Waals surface area (Å²) < 4.78 is 5.45. The van der Waals surface area contributed by atoms with Crippen molar-refractivity contribution in [1.29, 1.82) is 0 Å². The average Bonchev–Trinajstić information content (AvgIpc) is 2.25. The summed E-state index contributed by atoms with van der Waals surface area (Å²) in [7, 11) is 0. The van der Waals surface area contributed by atoms with Gasteiger partial charge in [0.15, 0.2) is 5.78 Å². The molecular formula is C13H18O2S. The summed E-state index contributed by atoms with van der Waals surface area (Å²) in [6, 6.07) is 7.60. The van der Waals surface area contributed by atoms with Gasteiger partial charge in [-0.2, -0.15) is 0 Å². The molecule has 0 aromatic heterocycles. The van der Waals surface area contributed by atoms with Gasteiger partial charge in [0.1, 0.15) is 6.61 Å². The first-order chi connectivity index (χ1) is 7.42. The molecule has 0 atom stereocenters. The zero-order valence-electron chi connectivity index (χ0n) is 10.2. The Bertz CT molecular complexity index is 349. The fourth-order valence-corrected chi connectivity index (χ4v) is 1.55. The van der Waals surface area contributed by atoms with Gasteiger partial charge in [-0.1, -0.05) is 12.1 Å². The molecule has 3 heteroatoms. The van der Waals surface area contributed by atoms with E-state index in [4.69, 9.17) is 4.74 Å². The molecule has 0 fully saturated rings. The van der Waals surface area contributed by atoms with Crippen molar-refractivity contribution in [3.63, 3.8) is 0 Å². The summed E-state index contributed by atoms with van der Waals surface area (Å²) in [5.41, 5.74) is 0.441. The quantitative estimate of drug-likeness (QED) is 0.594. The minimum absolute atomic E-state index is 0.0302. The van der Waals surface area contributed by atoms with Crippen LogP contribution in [0.25, 0.3) is 0 Å². The van der Waals surface area contributed by atoms with Crippen LogP contribution in [-0.4, -0.2) is 24.2 Å². The van der Waals surface area contributed by atoms with Crippen molar-refractivity contribution in [1.82, 2.24) is 0 Å². The molecule has 88 valence electrons. The molecule has 0 bridgehead atoms. The third kappa shape index (κ3) is 4.37. The van der Waals surface area contributed by atoms with E-state index in [9.17, 15) is 4.79 Å². The summed E-state index contributed by atoms with van der Waals surface area (Å²) in [4.78, 5) is 12.9. The minimum atomic E-state index is -0.269. The van der Waals surface area contributed by atoms with Gasteiger partial charge in [-0.05, 0) is 39.2 Å². The number of benzene rings is 1. The molecule has 1 rings (SSSR count). The van der Waals surface area contributed by atoms with Gasteiger partial charge in [0.2, 0.25) is 0 Å². The Labute approximate surface area is 101 Å². The topological polar surface area (TPSA) is 26.3 Å². The number of rotatable bonds is 4. The van der Waals surface area contributed by atoms with E-state index in [0.29, 0.717) is 5.56 Å². The zero-order valence-corrected chi connectivity index (χ0v) is 11.1. The lowest BCUT2D eigenvalue weighted by Crippen LogP contribution is -2.23. The van der Waals surface area contributed by atoms with E-state index >= 15 is 0 Å². The van der Waals surface area contributed by atoms with Crippen LogP contribution in [-0.2, 0) is 4.74 Å². The van der Waals surface area contributed by atoms with Gasteiger partial charge < -0.3 is 4.74 Å². The van der Waals surface area contributed by atoms with E-state index in [1.807, 2.05) is 51.3 Å². The second-order valence-electron chi connectivity index (χ2n) is 4.55. The molecular weight excluding hydrogens is 220 g/mol. The number of hydrogen-bond donors (Lipinski definition) is 0. The maximum absolute atomic E-state index is 11.8. The van der Waals surface area contributed by atoms with Crippen molar-refractivity contribution < 1.29 is 9.53 Å². The van der Waals surface area contributed by atoms with Crippen molar-refractivity contribution in [2.75, 3.05) is 12.9 Å². The van der Waals surface area contributed by atoms with Crippen LogP contribution in [0.5, 0.6) is 0 Å². The van der Waals surface area contributed by atoms with Crippen LogP contribution >= 0.6 is 11.8 Å². The molecule has 0 amide bonds. The summed E-state index contributed by atoms with van der Waals surface area (Å²) in [6.45, 7) is 5.97. The Balaban J connectivity index is 2.59. The van der Waals surface area contributed by atoms with Crippen molar-refractivity contribution in [2.24, 2.45) is 0 Å². The van der Waals surface area contributed by atoms with Crippen LogP contribution in [0.4, 0.5) is 0 Å². The van der Waals surface area contributed by atoms with E-state index in [2.05, 4.69) is 0 Å². The van der Waals surface area contributed by atoms with E-state index in [0.717, 1.165) is 4.90 Å². The highest BCUT2D eigenvalue weighted by Gasteiger charge is 2.13. The van der Waals surface area contributed by atoms with Crippen LogP contribution in [0.1, 0.15) is 31.1 Å². The molecule has 1 aromatic rings. The number of thioether (sulfide) groups is 1. The summed E-state index contributed by atoms with van der Waals surface area (Å²) in [5, 5.41) is 0. The second kappa shape index (κ2) is 5.51. The maximum atomic E-state index is 11.8. The third-order valence-corrected chi connectivity index (χ3v) is 2.79. The van der Waals surface area contributed by atoms with E-state index in [1.54, 1.807) is 11.8 Å². The van der Waals surface area contributed by atoms with Gasteiger partial charge in [0.25, 0.3) is 0 Å². The lowest BCUT2D eigenvalue weighted by Gasteiger charge is -2.18. The summed E-state index contributed by atoms with van der Waals surface area (Å²) in [5.74, 6) is 0.0302. The molecule has 16 heavy (non-hydrogen) atoms. The SMILES string of the molecule is CSc1ccc(C(=O)COC(C)(C)C)cc1. The molecule has 0 heterocycles. The zero-order chi connectivity index (χ0) is 12.2. The van der Waals surface area contributed by atoms with Gasteiger partial charge in [-0.3, -0.25) is 4.79 Å². The molecule has 2 nitrogen and oxygen atoms in total. The predicted octanol–water partition coefficient (Wildman–Crippen LogP) is 3.41. The summed E-state index contributed by atoms with van der Waals surface area (Å²) >= 11 is 1.66. The molecule has 0 saturated carbocycles. The van der Waals surface area contributed by atoms with Crippen LogP contribution < -0.4 is 0 Å². The first-order valence-electron chi connectivity index (χ1n) is 5.23. The van der Waals surface area contributed by atoms with Gasteiger partial charge in [0.05, 0.1) is 5.60 Å². The fraction of sp³-hybridized carbons (Fsp3) is 0.462. The van der Waals surface area contributed by atoms with Crippen molar-refractivity contribution in [3.8, 4) is 0 Å². The molecule has 1 aromatic carbocycles. The number of ether oxygens (including phenoxy) is 1. The normalized spacial score (nSPS) is 11.5. The van der Waals surface area contributed by atoms with Crippen molar-refractivity contribution in [2.45, 2.75) is 31.3 Å². The first kappa shape index (κ1) is 13.3. The van der Waals surface area contributed by atoms with Gasteiger partial charge >= 0.3 is 0 Å². The van der Waals surface area contributed by atoms with Gasteiger partial charge in [0, 0.05) is 10.5 Å². The Hall–Kier alpha value is -0.800. The van der Waals surface area contributed by atoms with E-state index in [-0.39, 0.29) is 18.0 Å². The number of carbonyl (C=O) groups excluding carboxylic acids is 1. The Kier molecular flexibility index (Phi) is 4.56. The molecule has 0 aliphatic carbocycles. The van der Waals surface area contributed by atoms with Crippen molar-refractivity contribution >= 4 is 17.5 Å². The minimum Gasteiger partial charge on any atom is -0.368 e. The maximum Gasteiger partial charge on any atom is 0.188 e. The van der Waals surface area contributed by atoms with Crippen LogP contribution in [0.15, 0.2) is 29.2 Å². The van der Waals surface area contributed by atoms with Crippen LogP contribution in [0.2, 0.25) is 0 Å². The molecule has 0 aliphatic rings. The standard InChI is InChI=1S/C13H18O2S/c1-13(2,3)15-9-12(14)10-5-7-11(16-4)8-6-10/h5-8H,9H2,1-4H3. The van der Waals surface area contributed by atoms with Crippen LogP contribution in [0, 0.1) is 0 Å². The molecule has 0 radical (unpaired) electrons. The molecule has 0 unspecified atom stereocenters. The highest BCUT2D eigenvalue weighted by molar-refractivity contribution is 7.98. The number of carbonyl (C=O) groups is 1. The van der Waals surface area contributed by atoms with Crippen LogP contribution in [0.3, 0.4) is 0 Å². The Morgan fingerprint density at radius 3 is 2.25 bits per heavy atom. The number of Topliss-reactive ketones (excluding diaryl/α,β-unsaturated/α-hetero) is 1. The molecule has 0 saturated heterocycles. The average molecular weight is 238 g/mol. The Morgan fingerprint density at radius 1 is 1.25 bits per heavy atom. The van der Waals surface area contributed by atoms with E-state index in [1.165, 1.54) is 0 Å². The van der Waals surface area contributed by atoms with Gasteiger partial charge in [-0.15, -0.1) is 11.8 Å². The fourth-order valence-electron chi connectivity index (χ4n) is 1.14. The highest BCUT2D eigenvalue weighted by atomic mass is 32.2. The molecule has 0 N–H and O–H groups in total. The summed E-state index contributed by atoms with van der Waals surface area (Å²) in [6.07, 6.45) is 2.01. The lowest BCUT2D eigenvalue weighted by atomic mass is 10.1. The smallest absolute Gasteiger partial charge is 0.188 e. The largest absolute Gasteiger partial charge is 0.368 e. The van der Waals surface area contributed by atoms with Crippen molar-refractivity contribution in [3.05, 3.63) is 29.8 Å². The van der Waals surface area contributed by atoms with Gasteiger partial charge in [-0.25, -0.2) is 0 Å². The van der Waals surface area contributed by atoms with E-state index < -0.39 is 0 Å². The number of hydrogen-bond acceptors (Lipinski definition) is 3.